The maximum absolute atomic E-state index is 12.4. The fraction of sp³-hybridized carbons (Fsp3) is 0.133. The lowest BCUT2D eigenvalue weighted by Crippen LogP contribution is -2.22. The van der Waals surface area contributed by atoms with Gasteiger partial charge in [0.25, 0.3) is 0 Å². The number of carbonyl (C=O) groups excluding carboxylic acids is 1. The van der Waals surface area contributed by atoms with E-state index in [4.69, 9.17) is 5.73 Å². The van der Waals surface area contributed by atoms with Crippen LogP contribution in [-0.4, -0.2) is 15.9 Å². The summed E-state index contributed by atoms with van der Waals surface area (Å²) in [7, 11) is -1.32. The van der Waals surface area contributed by atoms with Gasteiger partial charge in [-0.05, 0) is 22.3 Å². The van der Waals surface area contributed by atoms with E-state index >= 15 is 0 Å². The first-order valence-corrected chi connectivity index (χ1v) is 7.40. The van der Waals surface area contributed by atoms with Gasteiger partial charge in [-0.1, -0.05) is 48.5 Å². The van der Waals surface area contributed by atoms with Crippen LogP contribution in [0.4, 0.5) is 0 Å². The van der Waals surface area contributed by atoms with E-state index in [0.29, 0.717) is 0 Å². The Kier molecular flexibility index (Phi) is 2.95. The number of rotatable bonds is 3. The Morgan fingerprint density at radius 1 is 1.00 bits per heavy atom. The molecule has 1 aliphatic carbocycles. The monoisotopic (exact) mass is 271 g/mol. The molecule has 4 heteroatoms. The number of fused-ring (bicyclic) bond motifs is 3. The number of carbonyl (C=O) groups is 1. The van der Waals surface area contributed by atoms with E-state index in [9.17, 15) is 9.00 Å². The minimum Gasteiger partial charge on any atom is -0.369 e. The van der Waals surface area contributed by atoms with Gasteiger partial charge in [0.2, 0.25) is 5.91 Å². The van der Waals surface area contributed by atoms with Crippen LogP contribution in [0.2, 0.25) is 0 Å². The topological polar surface area (TPSA) is 60.2 Å². The third-order valence-corrected chi connectivity index (χ3v) is 4.93. The van der Waals surface area contributed by atoms with Crippen molar-refractivity contribution in [3.05, 3.63) is 59.7 Å². The molecule has 0 bridgehead atoms. The molecule has 0 fully saturated rings. The summed E-state index contributed by atoms with van der Waals surface area (Å²) in [5.41, 5.74) is 9.40. The summed E-state index contributed by atoms with van der Waals surface area (Å²) in [6.07, 6.45) is 0. The van der Waals surface area contributed by atoms with Crippen molar-refractivity contribution >= 4 is 16.7 Å². The zero-order valence-electron chi connectivity index (χ0n) is 10.2. The maximum Gasteiger partial charge on any atom is 0.230 e. The zero-order valence-corrected chi connectivity index (χ0v) is 11.0. The normalized spacial score (nSPS) is 14.7. The van der Waals surface area contributed by atoms with Gasteiger partial charge in [-0.15, -0.1) is 0 Å². The number of primary amides is 1. The molecule has 2 aromatic rings. The molecule has 0 heterocycles. The molecule has 0 saturated heterocycles. The van der Waals surface area contributed by atoms with Crippen LogP contribution in [0.5, 0.6) is 0 Å². The molecule has 3 rings (SSSR count). The number of hydrogen-bond donors (Lipinski definition) is 1. The Morgan fingerprint density at radius 3 is 1.95 bits per heavy atom. The summed E-state index contributed by atoms with van der Waals surface area (Å²) in [4.78, 5) is 11.0. The van der Waals surface area contributed by atoms with Gasteiger partial charge in [-0.25, -0.2) is 0 Å². The Balaban J connectivity index is 2.15. The molecule has 96 valence electrons. The predicted molar refractivity (Wildman–Crippen MR) is 75.9 cm³/mol. The molecule has 0 aromatic heterocycles. The SMILES string of the molecule is NC(=O)CS(=O)C1c2ccccc2-c2ccccc21. The van der Waals surface area contributed by atoms with Crippen molar-refractivity contribution in [2.75, 3.05) is 5.75 Å². The van der Waals surface area contributed by atoms with E-state index in [0.717, 1.165) is 22.3 Å². The Hall–Kier alpha value is -1.94. The van der Waals surface area contributed by atoms with Crippen LogP contribution in [0, 0.1) is 0 Å². The molecule has 1 atom stereocenters. The van der Waals surface area contributed by atoms with Crippen molar-refractivity contribution in [2.24, 2.45) is 5.73 Å². The fourth-order valence-electron chi connectivity index (χ4n) is 2.62. The highest BCUT2D eigenvalue weighted by molar-refractivity contribution is 7.86. The van der Waals surface area contributed by atoms with Crippen molar-refractivity contribution < 1.29 is 9.00 Å². The summed E-state index contributed by atoms with van der Waals surface area (Å²) >= 11 is 0. The van der Waals surface area contributed by atoms with Crippen molar-refractivity contribution in [3.8, 4) is 11.1 Å². The minimum atomic E-state index is -1.32. The second-order valence-electron chi connectivity index (χ2n) is 4.55. The summed E-state index contributed by atoms with van der Waals surface area (Å²) in [6, 6.07) is 15.8. The quantitative estimate of drug-likeness (QED) is 0.928. The van der Waals surface area contributed by atoms with E-state index < -0.39 is 16.7 Å². The van der Waals surface area contributed by atoms with Crippen molar-refractivity contribution in [1.82, 2.24) is 0 Å². The molecule has 2 N–H and O–H groups in total. The van der Waals surface area contributed by atoms with Gasteiger partial charge in [0.15, 0.2) is 0 Å². The summed E-state index contributed by atoms with van der Waals surface area (Å²) in [6.45, 7) is 0. The molecule has 19 heavy (non-hydrogen) atoms. The average molecular weight is 271 g/mol. The van der Waals surface area contributed by atoms with Gasteiger partial charge in [-0.2, -0.15) is 0 Å². The molecule has 3 nitrogen and oxygen atoms in total. The van der Waals surface area contributed by atoms with Crippen LogP contribution in [0.3, 0.4) is 0 Å². The molecule has 0 radical (unpaired) electrons. The van der Waals surface area contributed by atoms with Crippen molar-refractivity contribution in [1.29, 1.82) is 0 Å². The minimum absolute atomic E-state index is 0.104. The summed E-state index contributed by atoms with van der Waals surface area (Å²) in [5, 5.41) is -0.250. The van der Waals surface area contributed by atoms with E-state index in [-0.39, 0.29) is 11.0 Å². The molecule has 1 aliphatic rings. The van der Waals surface area contributed by atoms with Crippen LogP contribution in [0.25, 0.3) is 11.1 Å². The lowest BCUT2D eigenvalue weighted by atomic mass is 10.1. The molecule has 1 unspecified atom stereocenters. The van der Waals surface area contributed by atoms with Crippen LogP contribution in [-0.2, 0) is 15.6 Å². The Morgan fingerprint density at radius 2 is 1.47 bits per heavy atom. The Bertz CT molecular complexity index is 636. The predicted octanol–water partition coefficient (Wildman–Crippen LogP) is 1.99. The lowest BCUT2D eigenvalue weighted by Gasteiger charge is -2.12. The highest BCUT2D eigenvalue weighted by Gasteiger charge is 2.32. The van der Waals surface area contributed by atoms with E-state index in [1.54, 1.807) is 0 Å². The molecular weight excluding hydrogens is 258 g/mol. The number of hydrogen-bond acceptors (Lipinski definition) is 2. The molecule has 2 aromatic carbocycles. The van der Waals surface area contributed by atoms with E-state index in [2.05, 4.69) is 0 Å². The van der Waals surface area contributed by atoms with Gasteiger partial charge in [0, 0.05) is 10.8 Å². The molecule has 1 amide bonds. The van der Waals surface area contributed by atoms with E-state index in [1.165, 1.54) is 0 Å². The third kappa shape index (κ3) is 1.98. The van der Waals surface area contributed by atoms with Crippen LogP contribution in [0.15, 0.2) is 48.5 Å². The van der Waals surface area contributed by atoms with Gasteiger partial charge >= 0.3 is 0 Å². The largest absolute Gasteiger partial charge is 0.369 e. The second kappa shape index (κ2) is 4.63. The summed E-state index contributed by atoms with van der Waals surface area (Å²) in [5.74, 6) is -0.631. The van der Waals surface area contributed by atoms with Crippen LogP contribution >= 0.6 is 0 Å². The highest BCUT2D eigenvalue weighted by atomic mass is 32.2. The maximum atomic E-state index is 12.4. The second-order valence-corrected chi connectivity index (χ2v) is 6.07. The van der Waals surface area contributed by atoms with Gasteiger partial charge in [0.1, 0.15) is 5.75 Å². The molecule has 0 spiro atoms. The van der Waals surface area contributed by atoms with Gasteiger partial charge < -0.3 is 5.73 Å². The number of benzene rings is 2. The highest BCUT2D eigenvalue weighted by Crippen LogP contribution is 2.46. The number of nitrogens with two attached hydrogens (primary N) is 1. The van der Waals surface area contributed by atoms with Gasteiger partial charge in [-0.3, -0.25) is 9.00 Å². The zero-order chi connectivity index (χ0) is 13.4. The first kappa shape index (κ1) is 12.1. The lowest BCUT2D eigenvalue weighted by molar-refractivity contribution is -0.115. The first-order valence-electron chi connectivity index (χ1n) is 6.02. The molecular formula is C15H13NO2S. The van der Waals surface area contributed by atoms with Crippen LogP contribution < -0.4 is 5.73 Å². The molecule has 0 aliphatic heterocycles. The smallest absolute Gasteiger partial charge is 0.230 e. The third-order valence-electron chi connectivity index (χ3n) is 3.32. The van der Waals surface area contributed by atoms with Crippen molar-refractivity contribution in [3.63, 3.8) is 0 Å². The first-order chi connectivity index (χ1) is 9.18. The fourth-order valence-corrected chi connectivity index (χ4v) is 4.04. The average Bonchev–Trinajstić information content (AvgIpc) is 2.72. The standard InChI is InChI=1S/C15H13NO2S/c16-14(17)9-19(18)15-12-7-3-1-5-10(12)11-6-2-4-8-13(11)15/h1-8,15H,9H2,(H2,16,17). The van der Waals surface area contributed by atoms with Crippen LogP contribution in [0.1, 0.15) is 16.4 Å². The van der Waals surface area contributed by atoms with E-state index in [1.807, 2.05) is 48.5 Å². The Labute approximate surface area is 113 Å². The molecule has 0 saturated carbocycles. The summed E-state index contributed by atoms with van der Waals surface area (Å²) < 4.78 is 12.4. The van der Waals surface area contributed by atoms with Gasteiger partial charge in [0.05, 0.1) is 5.25 Å². The van der Waals surface area contributed by atoms with Crippen molar-refractivity contribution in [2.45, 2.75) is 5.25 Å². The number of amides is 1.